The van der Waals surface area contributed by atoms with Crippen molar-refractivity contribution >= 4 is 28.3 Å². The van der Waals surface area contributed by atoms with Crippen LogP contribution >= 0.6 is 24.0 Å². The van der Waals surface area contributed by atoms with Crippen LogP contribution in [0.2, 0.25) is 0 Å². The molecular weight excluding hydrogens is 185 g/mol. The minimum absolute atomic E-state index is 0.139. The quantitative estimate of drug-likeness (QED) is 0.455. The largest absolute Gasteiger partial charge is 0.478 e. The predicted molar refractivity (Wildman–Crippen MR) is 36.1 cm³/mol. The molecule has 7 heteroatoms. The van der Waals surface area contributed by atoms with Gasteiger partial charge in [0.15, 0.2) is 0 Å². The molecule has 1 aliphatic rings. The maximum atomic E-state index is 11.7. The normalized spacial score (nSPS) is 21.3. The first-order chi connectivity index (χ1) is 4.50. The molecule has 0 aromatic heterocycles. The van der Waals surface area contributed by atoms with Crippen LogP contribution in [0.4, 0.5) is 13.2 Å². The van der Waals surface area contributed by atoms with E-state index in [0.717, 1.165) is 11.8 Å². The third-order valence-electron chi connectivity index (χ3n) is 0.857. The van der Waals surface area contributed by atoms with Gasteiger partial charge in [-0.1, -0.05) is 24.0 Å². The second-order valence-corrected chi connectivity index (χ2v) is 3.19. The number of hydrogen-bond acceptors (Lipinski definition) is 3. The zero-order chi connectivity index (χ0) is 7.78. The summed E-state index contributed by atoms with van der Waals surface area (Å²) in [5.74, 6) is -0.164. The standard InChI is InChI=1S/C3H3F3N2S2/c4-3(5,6)8-1-10-2(9)7-8/h1H2,(H,7,9). The topological polar surface area (TPSA) is 15.3 Å². The minimum Gasteiger partial charge on any atom is -0.296 e. The van der Waals surface area contributed by atoms with Crippen molar-refractivity contribution in [3.63, 3.8) is 0 Å². The first-order valence-electron chi connectivity index (χ1n) is 2.28. The van der Waals surface area contributed by atoms with E-state index in [1.165, 1.54) is 0 Å². The molecule has 1 fully saturated rings. The molecule has 0 saturated carbocycles. The van der Waals surface area contributed by atoms with E-state index in [-0.39, 0.29) is 15.2 Å². The number of hydrogen-bond donors (Lipinski definition) is 1. The first-order valence-corrected chi connectivity index (χ1v) is 3.67. The zero-order valence-corrected chi connectivity index (χ0v) is 6.24. The van der Waals surface area contributed by atoms with Crippen molar-refractivity contribution in [3.8, 4) is 0 Å². The van der Waals surface area contributed by atoms with Gasteiger partial charge in [-0.15, -0.1) is 5.01 Å². The van der Waals surface area contributed by atoms with Crippen molar-refractivity contribution in [1.82, 2.24) is 10.4 Å². The lowest BCUT2D eigenvalue weighted by Crippen LogP contribution is -2.43. The molecule has 0 spiro atoms. The number of thioether (sulfide) groups is 1. The molecular formula is C3H3F3N2S2. The highest BCUT2D eigenvalue weighted by atomic mass is 32.2. The molecule has 1 saturated heterocycles. The highest BCUT2D eigenvalue weighted by Gasteiger charge is 2.40. The van der Waals surface area contributed by atoms with E-state index in [1.807, 2.05) is 5.43 Å². The maximum absolute atomic E-state index is 11.7. The van der Waals surface area contributed by atoms with Gasteiger partial charge in [0, 0.05) is 0 Å². The molecule has 1 heterocycles. The van der Waals surface area contributed by atoms with Gasteiger partial charge in [0.25, 0.3) is 0 Å². The number of hydrazine groups is 1. The fraction of sp³-hybridized carbons (Fsp3) is 0.667. The summed E-state index contributed by atoms with van der Waals surface area (Å²) in [6, 6.07) is 0. The van der Waals surface area contributed by atoms with Gasteiger partial charge in [0.05, 0.1) is 5.88 Å². The summed E-state index contributed by atoms with van der Waals surface area (Å²) in [5.41, 5.74) is 2.00. The van der Waals surface area contributed by atoms with Gasteiger partial charge in [0.1, 0.15) is 4.32 Å². The van der Waals surface area contributed by atoms with Crippen molar-refractivity contribution in [3.05, 3.63) is 0 Å². The van der Waals surface area contributed by atoms with Crippen LogP contribution in [0, 0.1) is 0 Å². The molecule has 0 aliphatic carbocycles. The zero-order valence-electron chi connectivity index (χ0n) is 4.60. The lowest BCUT2D eigenvalue weighted by molar-refractivity contribution is -0.248. The van der Waals surface area contributed by atoms with Crippen molar-refractivity contribution in [2.45, 2.75) is 6.30 Å². The summed E-state index contributed by atoms with van der Waals surface area (Å²) in [6.45, 7) is 0. The molecule has 0 unspecified atom stereocenters. The van der Waals surface area contributed by atoms with Crippen LogP contribution < -0.4 is 5.43 Å². The molecule has 0 amide bonds. The molecule has 0 radical (unpaired) electrons. The molecule has 10 heavy (non-hydrogen) atoms. The lowest BCUT2D eigenvalue weighted by atomic mass is 11.0. The van der Waals surface area contributed by atoms with Crippen LogP contribution in [0.3, 0.4) is 0 Å². The summed E-state index contributed by atoms with van der Waals surface area (Å²) >= 11 is 5.43. The number of nitrogens with one attached hydrogen (secondary N) is 1. The maximum Gasteiger partial charge on any atom is 0.478 e. The van der Waals surface area contributed by atoms with Crippen LogP contribution in [0.1, 0.15) is 0 Å². The van der Waals surface area contributed by atoms with Crippen LogP contribution in [0.5, 0.6) is 0 Å². The fourth-order valence-corrected chi connectivity index (χ4v) is 1.33. The Kier molecular flexibility index (Phi) is 2.07. The lowest BCUT2D eigenvalue weighted by Gasteiger charge is -2.16. The van der Waals surface area contributed by atoms with Crippen LogP contribution in [-0.2, 0) is 0 Å². The Morgan fingerprint density at radius 2 is 2.20 bits per heavy atom. The average molecular weight is 188 g/mol. The van der Waals surface area contributed by atoms with Gasteiger partial charge in [-0.25, -0.2) is 0 Å². The van der Waals surface area contributed by atoms with Crippen molar-refractivity contribution < 1.29 is 13.2 Å². The second-order valence-electron chi connectivity index (χ2n) is 1.57. The molecule has 2 nitrogen and oxygen atoms in total. The van der Waals surface area contributed by atoms with Gasteiger partial charge >= 0.3 is 6.30 Å². The third-order valence-corrected chi connectivity index (χ3v) is 2.04. The number of thiocarbonyl (C=S) groups is 1. The Morgan fingerprint density at radius 3 is 2.40 bits per heavy atom. The van der Waals surface area contributed by atoms with E-state index in [1.54, 1.807) is 0 Å². The number of alkyl halides is 3. The van der Waals surface area contributed by atoms with Crippen LogP contribution in [0.15, 0.2) is 0 Å². The summed E-state index contributed by atoms with van der Waals surface area (Å²) in [6.07, 6.45) is -4.33. The second kappa shape index (κ2) is 2.55. The minimum atomic E-state index is -4.33. The van der Waals surface area contributed by atoms with Gasteiger partial charge < -0.3 is 0 Å². The SMILES string of the molecule is FC(F)(F)N1CSC(=S)N1. The van der Waals surface area contributed by atoms with E-state index >= 15 is 0 Å². The van der Waals surface area contributed by atoms with Gasteiger partial charge in [-0.05, 0) is 0 Å². The van der Waals surface area contributed by atoms with Gasteiger partial charge in [-0.3, -0.25) is 5.43 Å². The van der Waals surface area contributed by atoms with E-state index in [2.05, 4.69) is 12.2 Å². The highest BCUT2D eigenvalue weighted by molar-refractivity contribution is 8.23. The Hall–Kier alpha value is -0.0100. The highest BCUT2D eigenvalue weighted by Crippen LogP contribution is 2.25. The Balaban J connectivity index is 2.53. The number of halogens is 3. The summed E-state index contributed by atoms with van der Waals surface area (Å²) < 4.78 is 35.3. The van der Waals surface area contributed by atoms with Crippen LogP contribution in [-0.4, -0.2) is 21.5 Å². The van der Waals surface area contributed by atoms with Crippen molar-refractivity contribution in [2.24, 2.45) is 0 Å². The van der Waals surface area contributed by atoms with E-state index in [9.17, 15) is 13.2 Å². The molecule has 0 aromatic rings. The average Bonchev–Trinajstić information content (AvgIpc) is 2.11. The predicted octanol–water partition coefficient (Wildman–Crippen LogP) is 1.30. The Labute approximate surface area is 64.7 Å². The third kappa shape index (κ3) is 1.74. The first kappa shape index (κ1) is 8.09. The molecule has 1 rings (SSSR count). The molecule has 0 atom stereocenters. The summed E-state index contributed by atoms with van der Waals surface area (Å²) in [7, 11) is 0. The summed E-state index contributed by atoms with van der Waals surface area (Å²) in [5, 5.41) is 0.139. The molecule has 1 N–H and O–H groups in total. The van der Waals surface area contributed by atoms with E-state index in [4.69, 9.17) is 0 Å². The van der Waals surface area contributed by atoms with E-state index in [0.29, 0.717) is 0 Å². The molecule has 0 bridgehead atoms. The monoisotopic (exact) mass is 188 g/mol. The molecule has 0 aromatic carbocycles. The smallest absolute Gasteiger partial charge is 0.296 e. The molecule has 58 valence electrons. The number of nitrogens with zero attached hydrogens (tertiary/aromatic N) is 1. The fourth-order valence-electron chi connectivity index (χ4n) is 0.434. The van der Waals surface area contributed by atoms with E-state index < -0.39 is 6.30 Å². The van der Waals surface area contributed by atoms with Gasteiger partial charge in [-0.2, -0.15) is 13.2 Å². The Morgan fingerprint density at radius 1 is 1.60 bits per heavy atom. The molecule has 1 aliphatic heterocycles. The summed E-state index contributed by atoms with van der Waals surface area (Å²) in [4.78, 5) is 0. The van der Waals surface area contributed by atoms with Crippen molar-refractivity contribution in [1.29, 1.82) is 0 Å². The Bertz CT molecular complexity index is 156. The number of rotatable bonds is 0. The van der Waals surface area contributed by atoms with Crippen LogP contribution in [0.25, 0.3) is 0 Å². The van der Waals surface area contributed by atoms with Crippen molar-refractivity contribution in [2.75, 3.05) is 5.88 Å². The van der Waals surface area contributed by atoms with Gasteiger partial charge in [0.2, 0.25) is 0 Å².